The average Bonchev–Trinajstić information content (AvgIpc) is 3.18. The first-order valence-electron chi connectivity index (χ1n) is 8.00. The van der Waals surface area contributed by atoms with Gasteiger partial charge in [0.2, 0.25) is 0 Å². The molecule has 1 heterocycles. The van der Waals surface area contributed by atoms with E-state index in [-0.39, 0.29) is 17.9 Å². The lowest BCUT2D eigenvalue weighted by Gasteiger charge is -2.11. The zero-order chi connectivity index (χ0) is 17.6. The molecule has 1 saturated heterocycles. The van der Waals surface area contributed by atoms with Crippen LogP contribution in [0.4, 0.5) is 11.4 Å². The molecule has 3 rings (SSSR count). The molecule has 0 aliphatic carbocycles. The van der Waals surface area contributed by atoms with Crippen LogP contribution in [0.5, 0.6) is 0 Å². The van der Waals surface area contributed by atoms with Gasteiger partial charge in [-0.3, -0.25) is 9.59 Å². The van der Waals surface area contributed by atoms with Crippen LogP contribution in [-0.4, -0.2) is 24.5 Å². The van der Waals surface area contributed by atoms with E-state index in [1.807, 2.05) is 6.07 Å². The Kier molecular flexibility index (Phi) is 5.07. The molecule has 6 nitrogen and oxygen atoms in total. The second kappa shape index (κ2) is 7.60. The van der Waals surface area contributed by atoms with E-state index in [9.17, 15) is 9.59 Å². The van der Waals surface area contributed by atoms with Gasteiger partial charge in [-0.05, 0) is 55.3 Å². The summed E-state index contributed by atoms with van der Waals surface area (Å²) < 4.78 is 5.34. The number of hydrogen-bond donors (Lipinski definition) is 2. The van der Waals surface area contributed by atoms with E-state index in [0.717, 1.165) is 12.8 Å². The first kappa shape index (κ1) is 16.7. The summed E-state index contributed by atoms with van der Waals surface area (Å²) in [6.45, 7) is 0.621. The van der Waals surface area contributed by atoms with E-state index in [4.69, 9.17) is 10.00 Å². The van der Waals surface area contributed by atoms with Crippen LogP contribution in [0.25, 0.3) is 0 Å². The second-order valence-electron chi connectivity index (χ2n) is 5.71. The van der Waals surface area contributed by atoms with Crippen LogP contribution >= 0.6 is 0 Å². The monoisotopic (exact) mass is 335 g/mol. The van der Waals surface area contributed by atoms with Gasteiger partial charge in [0, 0.05) is 23.5 Å². The van der Waals surface area contributed by atoms with Gasteiger partial charge < -0.3 is 15.4 Å². The molecule has 0 radical (unpaired) electrons. The molecule has 1 atom stereocenters. The minimum atomic E-state index is -0.383. The van der Waals surface area contributed by atoms with Crippen LogP contribution in [0.15, 0.2) is 48.5 Å². The van der Waals surface area contributed by atoms with Crippen LogP contribution in [0, 0.1) is 11.3 Å². The van der Waals surface area contributed by atoms with Crippen molar-refractivity contribution in [1.29, 1.82) is 5.26 Å². The fraction of sp³-hybridized carbons (Fsp3) is 0.211. The number of rotatable bonds is 4. The number of hydrogen-bond acceptors (Lipinski definition) is 4. The Hall–Kier alpha value is -3.17. The minimum absolute atomic E-state index is 0.150. The standard InChI is InChI=1S/C19H17N3O3/c20-12-13-3-1-4-14(11-13)18(23)21-15-6-8-16(9-7-15)22-19(24)17-5-2-10-25-17/h1,3-4,6-9,11,17H,2,5,10H2,(H,21,23)(H,22,24)/t17-/m0/s1. The van der Waals surface area contributed by atoms with Crippen molar-refractivity contribution < 1.29 is 14.3 Å². The summed E-state index contributed by atoms with van der Waals surface area (Å²) in [5.41, 5.74) is 2.09. The lowest BCUT2D eigenvalue weighted by Crippen LogP contribution is -2.26. The Balaban J connectivity index is 1.61. The third-order valence-electron chi connectivity index (χ3n) is 3.89. The molecule has 0 unspecified atom stereocenters. The lowest BCUT2D eigenvalue weighted by molar-refractivity contribution is -0.124. The Morgan fingerprint density at radius 1 is 1.08 bits per heavy atom. The maximum Gasteiger partial charge on any atom is 0.255 e. The summed E-state index contributed by atoms with van der Waals surface area (Å²) in [6, 6.07) is 15.3. The number of carbonyl (C=O) groups excluding carboxylic acids is 2. The molecule has 1 aliphatic heterocycles. The molecule has 25 heavy (non-hydrogen) atoms. The molecule has 2 N–H and O–H groups in total. The topological polar surface area (TPSA) is 91.2 Å². The van der Waals surface area contributed by atoms with Crippen molar-refractivity contribution in [3.05, 3.63) is 59.7 Å². The van der Waals surface area contributed by atoms with Gasteiger partial charge in [0.25, 0.3) is 11.8 Å². The molecule has 2 aromatic carbocycles. The summed E-state index contributed by atoms with van der Waals surface area (Å²) in [5, 5.41) is 14.4. The van der Waals surface area contributed by atoms with Crippen molar-refractivity contribution >= 4 is 23.2 Å². The molecule has 0 saturated carbocycles. The normalized spacial score (nSPS) is 16.0. The number of ether oxygens (including phenoxy) is 1. The van der Waals surface area contributed by atoms with Crippen molar-refractivity contribution in [3.63, 3.8) is 0 Å². The Morgan fingerprint density at radius 2 is 1.80 bits per heavy atom. The predicted molar refractivity (Wildman–Crippen MR) is 93.2 cm³/mol. The molecule has 126 valence electrons. The molecule has 1 fully saturated rings. The third-order valence-corrected chi connectivity index (χ3v) is 3.89. The third kappa shape index (κ3) is 4.22. The summed E-state index contributed by atoms with van der Waals surface area (Å²) in [6.07, 6.45) is 1.25. The number of nitriles is 1. The van der Waals surface area contributed by atoms with E-state index in [1.165, 1.54) is 6.07 Å². The van der Waals surface area contributed by atoms with E-state index in [1.54, 1.807) is 42.5 Å². The fourth-order valence-corrected chi connectivity index (χ4v) is 2.58. The van der Waals surface area contributed by atoms with Crippen LogP contribution in [0.1, 0.15) is 28.8 Å². The van der Waals surface area contributed by atoms with Gasteiger partial charge in [0.05, 0.1) is 11.6 Å². The summed E-state index contributed by atoms with van der Waals surface area (Å²) >= 11 is 0. The van der Waals surface area contributed by atoms with Crippen LogP contribution in [0.3, 0.4) is 0 Å². The molecule has 0 bridgehead atoms. The number of nitrogens with one attached hydrogen (secondary N) is 2. The molecule has 2 amide bonds. The van der Waals surface area contributed by atoms with Gasteiger partial charge in [0.15, 0.2) is 0 Å². The minimum Gasteiger partial charge on any atom is -0.368 e. The number of carbonyl (C=O) groups is 2. The SMILES string of the molecule is N#Cc1cccc(C(=O)Nc2ccc(NC(=O)[C@@H]3CCCO3)cc2)c1. The van der Waals surface area contributed by atoms with Crippen LogP contribution in [0.2, 0.25) is 0 Å². The van der Waals surface area contributed by atoms with E-state index in [2.05, 4.69) is 10.6 Å². The van der Waals surface area contributed by atoms with Crippen LogP contribution in [-0.2, 0) is 9.53 Å². The Morgan fingerprint density at radius 3 is 2.44 bits per heavy atom. The zero-order valence-electron chi connectivity index (χ0n) is 13.5. The van der Waals surface area contributed by atoms with Crippen molar-refractivity contribution in [2.75, 3.05) is 17.2 Å². The highest BCUT2D eigenvalue weighted by molar-refractivity contribution is 6.04. The molecular formula is C19H17N3O3. The first-order chi connectivity index (χ1) is 12.2. The molecular weight excluding hydrogens is 318 g/mol. The maximum atomic E-state index is 12.2. The predicted octanol–water partition coefficient (Wildman–Crippen LogP) is 2.93. The average molecular weight is 335 g/mol. The molecule has 1 aliphatic rings. The maximum absolute atomic E-state index is 12.2. The van der Waals surface area contributed by atoms with Crippen molar-refractivity contribution in [1.82, 2.24) is 0 Å². The number of nitrogens with zero attached hydrogens (tertiary/aromatic N) is 1. The van der Waals surface area contributed by atoms with E-state index in [0.29, 0.717) is 29.1 Å². The summed E-state index contributed by atoms with van der Waals surface area (Å²) in [5.74, 6) is -0.448. The second-order valence-corrected chi connectivity index (χ2v) is 5.71. The van der Waals surface area contributed by atoms with Gasteiger partial charge in [0.1, 0.15) is 6.10 Å². The fourth-order valence-electron chi connectivity index (χ4n) is 2.58. The highest BCUT2D eigenvalue weighted by Crippen LogP contribution is 2.18. The Bertz CT molecular complexity index is 819. The zero-order valence-corrected chi connectivity index (χ0v) is 13.5. The molecule has 2 aromatic rings. The molecule has 0 aromatic heterocycles. The van der Waals surface area contributed by atoms with Gasteiger partial charge in [-0.1, -0.05) is 6.07 Å². The van der Waals surface area contributed by atoms with E-state index >= 15 is 0 Å². The summed E-state index contributed by atoms with van der Waals surface area (Å²) in [4.78, 5) is 24.2. The van der Waals surface area contributed by atoms with Gasteiger partial charge >= 0.3 is 0 Å². The van der Waals surface area contributed by atoms with Crippen molar-refractivity contribution in [2.45, 2.75) is 18.9 Å². The highest BCUT2D eigenvalue weighted by Gasteiger charge is 2.23. The highest BCUT2D eigenvalue weighted by atomic mass is 16.5. The quantitative estimate of drug-likeness (QED) is 0.899. The lowest BCUT2D eigenvalue weighted by atomic mass is 10.1. The number of anilines is 2. The van der Waals surface area contributed by atoms with E-state index < -0.39 is 0 Å². The number of benzene rings is 2. The number of amides is 2. The summed E-state index contributed by atoms with van der Waals surface area (Å²) in [7, 11) is 0. The molecule has 0 spiro atoms. The largest absolute Gasteiger partial charge is 0.368 e. The molecule has 6 heteroatoms. The Labute approximate surface area is 145 Å². The first-order valence-corrected chi connectivity index (χ1v) is 8.00. The van der Waals surface area contributed by atoms with Gasteiger partial charge in [-0.2, -0.15) is 5.26 Å². The van der Waals surface area contributed by atoms with Crippen LogP contribution < -0.4 is 10.6 Å². The van der Waals surface area contributed by atoms with Gasteiger partial charge in [-0.25, -0.2) is 0 Å². The van der Waals surface area contributed by atoms with Crippen molar-refractivity contribution in [3.8, 4) is 6.07 Å². The smallest absolute Gasteiger partial charge is 0.255 e. The van der Waals surface area contributed by atoms with Gasteiger partial charge in [-0.15, -0.1) is 0 Å². The van der Waals surface area contributed by atoms with Crippen molar-refractivity contribution in [2.24, 2.45) is 0 Å².